The normalized spacial score (nSPS) is 11.5. The first kappa shape index (κ1) is 12.0. The second kappa shape index (κ2) is 7.60. The Morgan fingerprint density at radius 2 is 2.15 bits per heavy atom. The third-order valence-corrected chi connectivity index (χ3v) is 1.68. The molecule has 0 amide bonds. The summed E-state index contributed by atoms with van der Waals surface area (Å²) in [6.45, 7) is 3.89. The molecule has 0 radical (unpaired) electrons. The van der Waals surface area contributed by atoms with Gasteiger partial charge in [0.05, 0.1) is 5.92 Å². The number of nitro groups is 1. The van der Waals surface area contributed by atoms with Gasteiger partial charge in [-0.15, -0.1) is 5.92 Å². The Morgan fingerprint density at radius 1 is 1.46 bits per heavy atom. The van der Waals surface area contributed by atoms with Crippen molar-refractivity contribution in [2.24, 2.45) is 5.92 Å². The van der Waals surface area contributed by atoms with Crippen LogP contribution in [0.1, 0.15) is 39.5 Å². The summed E-state index contributed by atoms with van der Waals surface area (Å²) in [7, 11) is 0. The van der Waals surface area contributed by atoms with Crippen molar-refractivity contribution in [3.63, 3.8) is 0 Å². The van der Waals surface area contributed by atoms with Gasteiger partial charge in [-0.3, -0.25) is 10.1 Å². The molecular weight excluding hydrogens is 166 g/mol. The molecule has 0 saturated carbocycles. The minimum atomic E-state index is -0.314. The molecule has 0 aliphatic carbocycles. The van der Waals surface area contributed by atoms with E-state index in [4.69, 9.17) is 0 Å². The minimum absolute atomic E-state index is 0.0409. The maximum absolute atomic E-state index is 10.1. The molecule has 0 aliphatic rings. The van der Waals surface area contributed by atoms with Crippen LogP contribution in [-0.4, -0.2) is 11.5 Å². The molecule has 3 heteroatoms. The molecule has 0 heterocycles. The predicted octanol–water partition coefficient (Wildman–Crippen LogP) is 2.48. The summed E-state index contributed by atoms with van der Waals surface area (Å²) in [6.07, 6.45) is 4.36. The van der Waals surface area contributed by atoms with E-state index in [1.165, 1.54) is 12.8 Å². The SMILES string of the molecule is CCCCCC#CC(C)C[N+](=O)[O-]. The molecule has 0 bridgehead atoms. The van der Waals surface area contributed by atoms with Gasteiger partial charge in [0.1, 0.15) is 0 Å². The Labute approximate surface area is 79.7 Å². The lowest BCUT2D eigenvalue weighted by Crippen LogP contribution is -2.08. The zero-order chi connectivity index (χ0) is 10.1. The zero-order valence-electron chi connectivity index (χ0n) is 8.38. The van der Waals surface area contributed by atoms with Crippen molar-refractivity contribution in [1.29, 1.82) is 0 Å². The highest BCUT2D eigenvalue weighted by atomic mass is 16.6. The highest BCUT2D eigenvalue weighted by Crippen LogP contribution is 1.98. The second-order valence-electron chi connectivity index (χ2n) is 3.19. The van der Waals surface area contributed by atoms with Crippen LogP contribution in [0.15, 0.2) is 0 Å². The van der Waals surface area contributed by atoms with Crippen LogP contribution in [-0.2, 0) is 0 Å². The average molecular weight is 183 g/mol. The van der Waals surface area contributed by atoms with Crippen molar-refractivity contribution in [3.05, 3.63) is 10.1 Å². The van der Waals surface area contributed by atoms with Crippen molar-refractivity contribution >= 4 is 0 Å². The lowest BCUT2D eigenvalue weighted by Gasteiger charge is -1.94. The monoisotopic (exact) mass is 183 g/mol. The first-order chi connectivity index (χ1) is 6.16. The molecule has 0 aromatic rings. The van der Waals surface area contributed by atoms with Gasteiger partial charge in [0, 0.05) is 11.3 Å². The molecule has 0 N–H and O–H groups in total. The summed E-state index contributed by atoms with van der Waals surface area (Å²) in [6, 6.07) is 0. The highest BCUT2D eigenvalue weighted by Gasteiger charge is 2.03. The molecule has 13 heavy (non-hydrogen) atoms. The summed E-state index contributed by atoms with van der Waals surface area (Å²) in [5.41, 5.74) is 0. The zero-order valence-corrected chi connectivity index (χ0v) is 8.38. The summed E-state index contributed by atoms with van der Waals surface area (Å²) >= 11 is 0. The van der Waals surface area contributed by atoms with E-state index in [9.17, 15) is 10.1 Å². The number of hydrogen-bond donors (Lipinski definition) is 0. The minimum Gasteiger partial charge on any atom is -0.264 e. The lowest BCUT2D eigenvalue weighted by atomic mass is 10.1. The van der Waals surface area contributed by atoms with Gasteiger partial charge in [-0.1, -0.05) is 25.7 Å². The van der Waals surface area contributed by atoms with Crippen LogP contribution in [0.2, 0.25) is 0 Å². The van der Waals surface area contributed by atoms with Gasteiger partial charge >= 0.3 is 0 Å². The lowest BCUT2D eigenvalue weighted by molar-refractivity contribution is -0.484. The van der Waals surface area contributed by atoms with E-state index in [0.717, 1.165) is 12.8 Å². The first-order valence-electron chi connectivity index (χ1n) is 4.77. The highest BCUT2D eigenvalue weighted by molar-refractivity contribution is 5.02. The molecule has 1 unspecified atom stereocenters. The first-order valence-corrected chi connectivity index (χ1v) is 4.77. The maximum atomic E-state index is 10.1. The van der Waals surface area contributed by atoms with Gasteiger partial charge in [0.25, 0.3) is 0 Å². The van der Waals surface area contributed by atoms with E-state index >= 15 is 0 Å². The third kappa shape index (κ3) is 8.87. The number of nitrogens with zero attached hydrogens (tertiary/aromatic N) is 1. The van der Waals surface area contributed by atoms with Crippen LogP contribution >= 0.6 is 0 Å². The third-order valence-electron chi connectivity index (χ3n) is 1.68. The van der Waals surface area contributed by atoms with Crippen molar-refractivity contribution in [1.82, 2.24) is 0 Å². The second-order valence-corrected chi connectivity index (χ2v) is 3.19. The maximum Gasteiger partial charge on any atom is 0.217 e. The van der Waals surface area contributed by atoms with E-state index in [-0.39, 0.29) is 17.4 Å². The van der Waals surface area contributed by atoms with Crippen molar-refractivity contribution < 1.29 is 4.92 Å². The van der Waals surface area contributed by atoms with Crippen LogP contribution in [0, 0.1) is 27.9 Å². The molecule has 74 valence electrons. The van der Waals surface area contributed by atoms with Crippen molar-refractivity contribution in [3.8, 4) is 11.8 Å². The number of unbranched alkanes of at least 4 members (excludes halogenated alkanes) is 3. The van der Waals surface area contributed by atoms with Gasteiger partial charge in [-0.25, -0.2) is 0 Å². The van der Waals surface area contributed by atoms with Crippen LogP contribution in [0.5, 0.6) is 0 Å². The molecular formula is C10H17NO2. The molecule has 0 fully saturated rings. The Hall–Kier alpha value is -1.04. The fourth-order valence-electron chi connectivity index (χ4n) is 0.979. The molecule has 0 aromatic carbocycles. The quantitative estimate of drug-likeness (QED) is 0.284. The fraction of sp³-hybridized carbons (Fsp3) is 0.800. The molecule has 0 spiro atoms. The number of rotatable bonds is 5. The van der Waals surface area contributed by atoms with Crippen LogP contribution < -0.4 is 0 Å². The molecule has 0 aromatic heterocycles. The Morgan fingerprint density at radius 3 is 2.69 bits per heavy atom. The van der Waals surface area contributed by atoms with Crippen LogP contribution in [0.25, 0.3) is 0 Å². The summed E-state index contributed by atoms with van der Waals surface area (Å²) in [5, 5.41) is 10.1. The standard InChI is InChI=1S/C10H17NO2/c1-3-4-5-6-7-8-10(2)9-11(12)13/h10H,3-6,9H2,1-2H3. The average Bonchev–Trinajstić information content (AvgIpc) is 2.02. The van der Waals surface area contributed by atoms with E-state index in [1.807, 2.05) is 0 Å². The van der Waals surface area contributed by atoms with E-state index < -0.39 is 0 Å². The molecule has 0 rings (SSSR count). The van der Waals surface area contributed by atoms with Gasteiger partial charge in [-0.05, 0) is 13.3 Å². The predicted molar refractivity (Wildman–Crippen MR) is 52.9 cm³/mol. The van der Waals surface area contributed by atoms with Gasteiger partial charge in [-0.2, -0.15) is 0 Å². The van der Waals surface area contributed by atoms with Gasteiger partial charge in [0.15, 0.2) is 0 Å². The largest absolute Gasteiger partial charge is 0.264 e. The molecule has 1 atom stereocenters. The van der Waals surface area contributed by atoms with E-state index in [2.05, 4.69) is 18.8 Å². The summed E-state index contributed by atoms with van der Waals surface area (Å²) in [4.78, 5) is 9.77. The topological polar surface area (TPSA) is 43.1 Å². The van der Waals surface area contributed by atoms with Gasteiger partial charge < -0.3 is 0 Å². The van der Waals surface area contributed by atoms with Crippen LogP contribution in [0.3, 0.4) is 0 Å². The summed E-state index contributed by atoms with van der Waals surface area (Å²) < 4.78 is 0. The van der Waals surface area contributed by atoms with E-state index in [0.29, 0.717) is 0 Å². The van der Waals surface area contributed by atoms with Crippen molar-refractivity contribution in [2.75, 3.05) is 6.54 Å². The Bertz CT molecular complexity index is 203. The molecule has 0 aliphatic heterocycles. The summed E-state index contributed by atoms with van der Waals surface area (Å²) in [5.74, 6) is 5.74. The van der Waals surface area contributed by atoms with Gasteiger partial charge in [0.2, 0.25) is 6.54 Å². The smallest absolute Gasteiger partial charge is 0.217 e. The molecule has 3 nitrogen and oxygen atoms in total. The Kier molecular flexibility index (Phi) is 6.99. The van der Waals surface area contributed by atoms with Crippen molar-refractivity contribution in [2.45, 2.75) is 39.5 Å². The number of hydrogen-bond acceptors (Lipinski definition) is 2. The van der Waals surface area contributed by atoms with E-state index in [1.54, 1.807) is 6.92 Å². The fourth-order valence-corrected chi connectivity index (χ4v) is 0.979. The molecule has 0 saturated heterocycles. The Balaban J connectivity index is 3.51. The van der Waals surface area contributed by atoms with Crippen LogP contribution in [0.4, 0.5) is 0 Å².